The third kappa shape index (κ3) is 5.03. The molecule has 2 aromatic heterocycles. The highest BCUT2D eigenvalue weighted by molar-refractivity contribution is 5.62. The Bertz CT molecular complexity index is 681. The minimum atomic E-state index is -0.172. The monoisotopic (exact) mass is 327 g/mol. The van der Waals surface area contributed by atoms with E-state index in [1.807, 2.05) is 46.0 Å². The maximum absolute atomic E-state index is 6.09. The average molecular weight is 327 g/mol. The lowest BCUT2D eigenvalue weighted by atomic mass is 9.93. The molecule has 1 atom stereocenters. The third-order valence-corrected chi connectivity index (χ3v) is 3.91. The highest BCUT2D eigenvalue weighted by atomic mass is 16.5. The fourth-order valence-electron chi connectivity index (χ4n) is 3.07. The minimum Gasteiger partial charge on any atom is -0.491 e. The molecule has 0 amide bonds. The van der Waals surface area contributed by atoms with E-state index in [4.69, 9.17) is 15.5 Å². The van der Waals surface area contributed by atoms with E-state index < -0.39 is 0 Å². The topological polar surface area (TPSA) is 61.0 Å². The van der Waals surface area contributed by atoms with Crippen LogP contribution in [0.3, 0.4) is 0 Å². The molecule has 0 spiro atoms. The van der Waals surface area contributed by atoms with Crippen LogP contribution >= 0.6 is 0 Å². The molecule has 2 N–H and O–H groups in total. The van der Waals surface area contributed by atoms with Crippen LogP contribution in [0.25, 0.3) is 11.3 Å². The van der Waals surface area contributed by atoms with Crippen molar-refractivity contribution in [1.82, 2.24) is 9.97 Å². The van der Waals surface area contributed by atoms with Gasteiger partial charge in [0, 0.05) is 23.0 Å². The summed E-state index contributed by atoms with van der Waals surface area (Å²) in [5.41, 5.74) is 11.0. The van der Waals surface area contributed by atoms with Crippen LogP contribution in [0.2, 0.25) is 0 Å². The second-order valence-electron chi connectivity index (χ2n) is 7.53. The third-order valence-electron chi connectivity index (χ3n) is 3.91. The summed E-state index contributed by atoms with van der Waals surface area (Å²) < 4.78 is 6.06. The zero-order chi connectivity index (χ0) is 17.9. The van der Waals surface area contributed by atoms with Gasteiger partial charge in [-0.1, -0.05) is 6.92 Å². The molecule has 2 aromatic rings. The molecular weight excluding hydrogens is 298 g/mol. The fourth-order valence-corrected chi connectivity index (χ4v) is 3.07. The first kappa shape index (κ1) is 18.4. The summed E-state index contributed by atoms with van der Waals surface area (Å²) in [6.07, 6.45) is 2.74. The van der Waals surface area contributed by atoms with Crippen molar-refractivity contribution >= 4 is 0 Å². The lowest BCUT2D eigenvalue weighted by molar-refractivity contribution is 0.226. The maximum Gasteiger partial charge on any atom is 0.143 e. The molecule has 0 aliphatic heterocycles. The Balaban J connectivity index is 2.16. The van der Waals surface area contributed by atoms with Gasteiger partial charge in [0.15, 0.2) is 0 Å². The second kappa shape index (κ2) is 7.31. The molecule has 24 heavy (non-hydrogen) atoms. The lowest BCUT2D eigenvalue weighted by Crippen LogP contribution is -2.35. The normalized spacial score (nSPS) is 13.0. The van der Waals surface area contributed by atoms with Gasteiger partial charge in [0.25, 0.3) is 0 Å². The number of rotatable bonds is 6. The van der Waals surface area contributed by atoms with Crippen LogP contribution in [0.4, 0.5) is 0 Å². The summed E-state index contributed by atoms with van der Waals surface area (Å²) in [5.74, 6) is 1.28. The Morgan fingerprint density at radius 2 is 1.92 bits per heavy atom. The molecule has 2 rings (SSSR count). The average Bonchev–Trinajstić information content (AvgIpc) is 2.44. The van der Waals surface area contributed by atoms with E-state index in [2.05, 4.69) is 24.9 Å². The van der Waals surface area contributed by atoms with E-state index in [0.717, 1.165) is 40.4 Å². The predicted molar refractivity (Wildman–Crippen MR) is 99.2 cm³/mol. The number of pyridine rings is 2. The molecule has 0 aliphatic rings. The van der Waals surface area contributed by atoms with Gasteiger partial charge in [-0.05, 0) is 70.7 Å². The highest BCUT2D eigenvalue weighted by Crippen LogP contribution is 2.28. The molecule has 0 aromatic carbocycles. The summed E-state index contributed by atoms with van der Waals surface area (Å²) in [7, 11) is 0. The van der Waals surface area contributed by atoms with Crippen molar-refractivity contribution in [3.05, 3.63) is 41.3 Å². The molecular formula is C20H29N3O. The van der Waals surface area contributed by atoms with Crippen LogP contribution in [0.15, 0.2) is 24.4 Å². The number of hydrogen-bond donors (Lipinski definition) is 1. The molecule has 4 nitrogen and oxygen atoms in total. The molecule has 0 saturated heterocycles. The van der Waals surface area contributed by atoms with Gasteiger partial charge in [-0.25, -0.2) is 4.98 Å². The number of nitrogens with two attached hydrogens (primary N) is 1. The smallest absolute Gasteiger partial charge is 0.143 e. The molecule has 0 radical (unpaired) electrons. The number of nitrogens with zero attached hydrogens (tertiary/aromatic N) is 2. The van der Waals surface area contributed by atoms with E-state index in [-0.39, 0.29) is 5.54 Å². The van der Waals surface area contributed by atoms with Crippen LogP contribution < -0.4 is 10.5 Å². The molecule has 0 bridgehead atoms. The van der Waals surface area contributed by atoms with Crippen LogP contribution in [-0.4, -0.2) is 22.1 Å². The number of hydrogen-bond acceptors (Lipinski definition) is 4. The summed E-state index contributed by atoms with van der Waals surface area (Å²) >= 11 is 0. The van der Waals surface area contributed by atoms with Crippen molar-refractivity contribution in [3.63, 3.8) is 0 Å². The Morgan fingerprint density at radius 3 is 2.50 bits per heavy atom. The molecule has 0 saturated carbocycles. The van der Waals surface area contributed by atoms with Crippen molar-refractivity contribution < 1.29 is 4.74 Å². The van der Waals surface area contributed by atoms with Gasteiger partial charge < -0.3 is 10.5 Å². The first-order chi connectivity index (χ1) is 11.2. The van der Waals surface area contributed by atoms with Crippen molar-refractivity contribution in [2.45, 2.75) is 53.5 Å². The number of aryl methyl sites for hydroxylation is 3. The molecule has 0 aliphatic carbocycles. The number of ether oxygens (including phenoxy) is 1. The zero-order valence-corrected chi connectivity index (χ0v) is 15.7. The largest absolute Gasteiger partial charge is 0.491 e. The van der Waals surface area contributed by atoms with Crippen LogP contribution in [-0.2, 0) is 0 Å². The SMILES string of the molecule is Cc1cc(-c2cc(C)c(OCC(C)CC(C)(C)N)c(C)n2)ccn1. The molecule has 130 valence electrons. The Kier molecular flexibility index (Phi) is 5.60. The highest BCUT2D eigenvalue weighted by Gasteiger charge is 2.17. The van der Waals surface area contributed by atoms with Gasteiger partial charge in [0.05, 0.1) is 18.0 Å². The summed E-state index contributed by atoms with van der Waals surface area (Å²) in [6, 6.07) is 6.11. The quantitative estimate of drug-likeness (QED) is 0.863. The first-order valence-corrected chi connectivity index (χ1v) is 8.48. The maximum atomic E-state index is 6.09. The van der Waals surface area contributed by atoms with Gasteiger partial charge >= 0.3 is 0 Å². The molecule has 4 heteroatoms. The molecule has 1 unspecified atom stereocenters. The van der Waals surface area contributed by atoms with E-state index in [9.17, 15) is 0 Å². The lowest BCUT2D eigenvalue weighted by Gasteiger charge is -2.24. The van der Waals surface area contributed by atoms with Crippen molar-refractivity contribution in [2.75, 3.05) is 6.61 Å². The van der Waals surface area contributed by atoms with Gasteiger partial charge in [-0.2, -0.15) is 0 Å². The van der Waals surface area contributed by atoms with Gasteiger partial charge in [0.2, 0.25) is 0 Å². The van der Waals surface area contributed by atoms with Gasteiger partial charge in [0.1, 0.15) is 5.75 Å². The predicted octanol–water partition coefficient (Wildman–Crippen LogP) is 4.21. The number of aromatic nitrogens is 2. The van der Waals surface area contributed by atoms with Crippen molar-refractivity contribution in [1.29, 1.82) is 0 Å². The van der Waals surface area contributed by atoms with Gasteiger partial charge in [-0.3, -0.25) is 4.98 Å². The summed E-state index contributed by atoms with van der Waals surface area (Å²) in [4.78, 5) is 8.96. The summed E-state index contributed by atoms with van der Waals surface area (Å²) in [5, 5.41) is 0. The van der Waals surface area contributed by atoms with Crippen molar-refractivity contribution in [3.8, 4) is 17.0 Å². The van der Waals surface area contributed by atoms with E-state index >= 15 is 0 Å². The standard InChI is InChI=1S/C20H29N3O/c1-13(11-20(5,6)21)12-24-19-14(2)9-18(23-16(19)4)17-7-8-22-15(3)10-17/h7-10,13H,11-12,21H2,1-6H3. The van der Waals surface area contributed by atoms with E-state index in [1.54, 1.807) is 0 Å². The van der Waals surface area contributed by atoms with Gasteiger partial charge in [-0.15, -0.1) is 0 Å². The minimum absolute atomic E-state index is 0.172. The summed E-state index contributed by atoms with van der Waals surface area (Å²) in [6.45, 7) is 13.0. The molecule has 0 fully saturated rings. The van der Waals surface area contributed by atoms with Crippen LogP contribution in [0, 0.1) is 26.7 Å². The zero-order valence-electron chi connectivity index (χ0n) is 15.7. The van der Waals surface area contributed by atoms with E-state index in [0.29, 0.717) is 12.5 Å². The van der Waals surface area contributed by atoms with Crippen LogP contribution in [0.5, 0.6) is 5.75 Å². The first-order valence-electron chi connectivity index (χ1n) is 8.48. The van der Waals surface area contributed by atoms with Crippen molar-refractivity contribution in [2.24, 2.45) is 11.7 Å². The fraction of sp³-hybridized carbons (Fsp3) is 0.500. The Labute approximate surface area is 145 Å². The van der Waals surface area contributed by atoms with E-state index in [1.165, 1.54) is 0 Å². The second-order valence-corrected chi connectivity index (χ2v) is 7.53. The molecule has 2 heterocycles. The van der Waals surface area contributed by atoms with Crippen LogP contribution in [0.1, 0.15) is 44.1 Å². The Morgan fingerprint density at radius 1 is 1.21 bits per heavy atom. The Hall–Kier alpha value is -1.94.